The average molecular weight is 492 g/mol. The van der Waals surface area contributed by atoms with Crippen LogP contribution in [0.4, 0.5) is 0 Å². The Morgan fingerprint density at radius 2 is 1.86 bits per heavy atom. The number of H-pyrrole nitrogens is 1. The molecule has 0 bridgehead atoms. The van der Waals surface area contributed by atoms with Crippen LogP contribution in [-0.4, -0.2) is 24.7 Å². The number of benzene rings is 2. The normalized spacial score (nSPS) is 14.4. The van der Waals surface area contributed by atoms with E-state index in [1.165, 1.54) is 16.7 Å². The van der Waals surface area contributed by atoms with Crippen molar-refractivity contribution in [3.8, 4) is 5.69 Å². The highest BCUT2D eigenvalue weighted by Gasteiger charge is 2.25. The van der Waals surface area contributed by atoms with Crippen LogP contribution in [0.1, 0.15) is 64.6 Å². The third-order valence-corrected chi connectivity index (χ3v) is 7.50. The second-order valence-corrected chi connectivity index (χ2v) is 9.81. The summed E-state index contributed by atoms with van der Waals surface area (Å²) in [4.78, 5) is 24.4. The van der Waals surface area contributed by atoms with Crippen molar-refractivity contribution in [2.24, 2.45) is 0 Å². The fourth-order valence-electron chi connectivity index (χ4n) is 5.74. The van der Waals surface area contributed by atoms with Gasteiger partial charge in [-0.25, -0.2) is 14.8 Å². The van der Waals surface area contributed by atoms with Gasteiger partial charge in [0.25, 0.3) is 0 Å². The maximum absolute atomic E-state index is 11.8. The highest BCUT2D eigenvalue weighted by atomic mass is 16.5. The van der Waals surface area contributed by atoms with E-state index in [-0.39, 0.29) is 0 Å². The third-order valence-electron chi connectivity index (χ3n) is 7.50. The van der Waals surface area contributed by atoms with Crippen molar-refractivity contribution < 1.29 is 4.52 Å². The van der Waals surface area contributed by atoms with Crippen LogP contribution < -0.4 is 5.76 Å². The van der Waals surface area contributed by atoms with E-state index in [4.69, 9.17) is 14.5 Å². The zero-order valence-corrected chi connectivity index (χ0v) is 21.8. The minimum atomic E-state index is -0.555. The van der Waals surface area contributed by atoms with Gasteiger partial charge in [0.05, 0.1) is 5.69 Å². The number of allylic oxidation sites excluding steroid dienone is 1. The Hall–Kier alpha value is -4.26. The van der Waals surface area contributed by atoms with Crippen LogP contribution in [0.2, 0.25) is 0 Å². The summed E-state index contributed by atoms with van der Waals surface area (Å²) in [7, 11) is 0. The van der Waals surface area contributed by atoms with E-state index in [1.54, 1.807) is 0 Å². The first-order valence-electron chi connectivity index (χ1n) is 12.7. The van der Waals surface area contributed by atoms with E-state index in [0.717, 1.165) is 75.5 Å². The Kier molecular flexibility index (Phi) is 5.44. The predicted octanol–water partition coefficient (Wildman–Crippen LogP) is 5.66. The maximum atomic E-state index is 11.8. The molecule has 3 aromatic heterocycles. The number of aryl methyl sites for hydroxylation is 4. The van der Waals surface area contributed by atoms with E-state index in [9.17, 15) is 4.79 Å². The predicted molar refractivity (Wildman–Crippen MR) is 145 cm³/mol. The lowest BCUT2D eigenvalue weighted by molar-refractivity contribution is 0.385. The van der Waals surface area contributed by atoms with Crippen molar-refractivity contribution in [1.82, 2.24) is 24.7 Å². The lowest BCUT2D eigenvalue weighted by Gasteiger charge is -2.19. The quantitative estimate of drug-likeness (QED) is 0.352. The molecule has 1 aliphatic rings. The van der Waals surface area contributed by atoms with Crippen LogP contribution in [0.25, 0.3) is 28.0 Å². The molecule has 37 heavy (non-hydrogen) atoms. The number of pyridine rings is 1. The molecule has 7 heteroatoms. The molecular weight excluding hydrogens is 462 g/mol. The summed E-state index contributed by atoms with van der Waals surface area (Å²) in [6.45, 7) is 10.5. The standard InChI is InChI=1S/C30H29N5O2/c1-6-25-32-27-16(2)15-17(3)31-29(27)35(25)24-14-13-23-21(18(24)4)12-11-20-9-7-8-10-22(20)26(23)19(5)28-33-30(36)37-34-28/h7-10,13-15H,6,11-12H2,1-5H3,(H,33,34,36)/b26-19-. The zero-order valence-electron chi connectivity index (χ0n) is 21.8. The largest absolute Gasteiger partial charge is 0.439 e. The molecule has 0 radical (unpaired) electrons. The third kappa shape index (κ3) is 3.65. The number of aromatic nitrogens is 5. The van der Waals surface area contributed by atoms with Gasteiger partial charge < -0.3 is 0 Å². The van der Waals surface area contributed by atoms with Gasteiger partial charge in [-0.05, 0) is 91.6 Å². The Morgan fingerprint density at radius 3 is 2.62 bits per heavy atom. The molecule has 1 N–H and O–H groups in total. The second-order valence-electron chi connectivity index (χ2n) is 9.81. The second kappa shape index (κ2) is 8.69. The number of rotatable bonds is 3. The first kappa shape index (κ1) is 23.2. The van der Waals surface area contributed by atoms with Gasteiger partial charge in [0.1, 0.15) is 11.3 Å². The molecule has 186 valence electrons. The summed E-state index contributed by atoms with van der Waals surface area (Å²) in [5.74, 6) is 0.900. The molecule has 3 heterocycles. The number of nitrogens with zero attached hydrogens (tertiary/aromatic N) is 4. The molecule has 0 fully saturated rings. The molecule has 7 nitrogen and oxygen atoms in total. The summed E-state index contributed by atoms with van der Waals surface area (Å²) in [6.07, 6.45) is 2.62. The van der Waals surface area contributed by atoms with Gasteiger partial charge in [-0.1, -0.05) is 42.4 Å². The summed E-state index contributed by atoms with van der Waals surface area (Å²) in [5, 5.41) is 4.00. The first-order chi connectivity index (χ1) is 17.9. The van der Waals surface area contributed by atoms with E-state index in [2.05, 4.69) is 77.9 Å². The van der Waals surface area contributed by atoms with Crippen molar-refractivity contribution in [2.75, 3.05) is 0 Å². The van der Waals surface area contributed by atoms with Gasteiger partial charge in [0.15, 0.2) is 11.5 Å². The number of aromatic amines is 1. The summed E-state index contributed by atoms with van der Waals surface area (Å²) < 4.78 is 7.08. The van der Waals surface area contributed by atoms with Gasteiger partial charge in [-0.3, -0.25) is 14.1 Å². The van der Waals surface area contributed by atoms with Crippen molar-refractivity contribution in [2.45, 2.75) is 53.9 Å². The number of hydrogen-bond acceptors (Lipinski definition) is 5. The Labute approximate surface area is 214 Å². The molecule has 5 aromatic rings. The molecule has 0 saturated carbocycles. The van der Waals surface area contributed by atoms with Crippen LogP contribution in [-0.2, 0) is 19.3 Å². The molecule has 0 aliphatic heterocycles. The zero-order chi connectivity index (χ0) is 25.8. The molecule has 1 aliphatic carbocycles. The molecule has 0 spiro atoms. The smallest absolute Gasteiger partial charge is 0.296 e. The Bertz CT molecular complexity index is 1780. The van der Waals surface area contributed by atoms with E-state index in [0.29, 0.717) is 5.82 Å². The topological polar surface area (TPSA) is 89.6 Å². The van der Waals surface area contributed by atoms with Crippen LogP contribution in [0.15, 0.2) is 51.8 Å². The fourth-order valence-corrected chi connectivity index (χ4v) is 5.74. The maximum Gasteiger partial charge on any atom is 0.439 e. The molecule has 0 atom stereocenters. The van der Waals surface area contributed by atoms with E-state index < -0.39 is 5.76 Å². The van der Waals surface area contributed by atoms with Gasteiger partial charge in [0, 0.05) is 17.7 Å². The fraction of sp³-hybridized carbons (Fsp3) is 0.267. The van der Waals surface area contributed by atoms with Gasteiger partial charge in [-0.15, -0.1) is 0 Å². The van der Waals surface area contributed by atoms with Crippen LogP contribution >= 0.6 is 0 Å². The van der Waals surface area contributed by atoms with Crippen molar-refractivity contribution in [1.29, 1.82) is 0 Å². The number of hydrogen-bond donors (Lipinski definition) is 1. The summed E-state index contributed by atoms with van der Waals surface area (Å²) in [6, 6.07) is 15.0. The van der Waals surface area contributed by atoms with Gasteiger partial charge in [-0.2, -0.15) is 0 Å². The molecule has 0 amide bonds. The van der Waals surface area contributed by atoms with Crippen molar-refractivity contribution >= 4 is 22.3 Å². The van der Waals surface area contributed by atoms with Gasteiger partial charge >= 0.3 is 5.76 Å². The molecule has 6 rings (SSSR count). The van der Waals surface area contributed by atoms with E-state index in [1.807, 2.05) is 13.8 Å². The lowest BCUT2D eigenvalue weighted by atomic mass is 9.88. The number of fused-ring (bicyclic) bond motifs is 3. The Balaban J connectivity index is 1.64. The minimum absolute atomic E-state index is 0.452. The van der Waals surface area contributed by atoms with Crippen LogP contribution in [0, 0.1) is 20.8 Å². The number of nitrogens with one attached hydrogen (secondary N) is 1. The van der Waals surface area contributed by atoms with Gasteiger partial charge in [0.2, 0.25) is 0 Å². The molecule has 2 aromatic carbocycles. The van der Waals surface area contributed by atoms with E-state index >= 15 is 0 Å². The monoisotopic (exact) mass is 491 g/mol. The van der Waals surface area contributed by atoms with Crippen molar-refractivity contribution in [3.63, 3.8) is 0 Å². The average Bonchev–Trinajstić information content (AvgIpc) is 3.43. The lowest BCUT2D eigenvalue weighted by Crippen LogP contribution is -2.07. The Morgan fingerprint density at radius 1 is 1.05 bits per heavy atom. The summed E-state index contributed by atoms with van der Waals surface area (Å²) >= 11 is 0. The highest BCUT2D eigenvalue weighted by Crippen LogP contribution is 2.40. The molecule has 0 saturated heterocycles. The molecule has 0 unspecified atom stereocenters. The minimum Gasteiger partial charge on any atom is -0.296 e. The first-order valence-corrected chi connectivity index (χ1v) is 12.7. The molecular formula is C30H29N5O2. The number of imidazole rings is 1. The summed E-state index contributed by atoms with van der Waals surface area (Å²) in [5.41, 5.74) is 13.1. The highest BCUT2D eigenvalue weighted by molar-refractivity contribution is 5.99. The SMILES string of the molecule is CCc1nc2c(C)cc(C)nc2n1-c1ccc2c(c1C)CCc1ccccc1/C2=C(\C)c1noc(=O)[nH]1. The van der Waals surface area contributed by atoms with Crippen LogP contribution in [0.5, 0.6) is 0 Å². The van der Waals surface area contributed by atoms with Crippen molar-refractivity contribution in [3.05, 3.63) is 104 Å². The van der Waals surface area contributed by atoms with Crippen LogP contribution in [0.3, 0.4) is 0 Å².